The molecule has 0 amide bonds. The number of ether oxygens (including phenoxy) is 1. The standard InChI is InChI=1S/C17H34O4/c1-2-3-4-5-6-7-8-9-12-16(18)15-21-14-11-10-13-17(19)20/h16,18H,2-15H2,1H3,(H,19,20). The molecule has 0 aliphatic carbocycles. The summed E-state index contributed by atoms with van der Waals surface area (Å²) < 4.78 is 5.36. The second kappa shape index (κ2) is 15.8. The van der Waals surface area contributed by atoms with Crippen LogP contribution in [0.3, 0.4) is 0 Å². The zero-order valence-electron chi connectivity index (χ0n) is 13.7. The predicted octanol–water partition coefficient (Wildman–Crippen LogP) is 4.15. The number of aliphatic hydroxyl groups is 1. The summed E-state index contributed by atoms with van der Waals surface area (Å²) in [4.78, 5) is 10.3. The molecule has 0 aromatic heterocycles. The molecule has 0 aliphatic rings. The quantitative estimate of drug-likeness (QED) is 0.420. The molecule has 126 valence electrons. The third-order valence-corrected chi connectivity index (χ3v) is 3.63. The lowest BCUT2D eigenvalue weighted by atomic mass is 10.1. The van der Waals surface area contributed by atoms with Crippen LogP contribution in [0.2, 0.25) is 0 Å². The van der Waals surface area contributed by atoms with Crippen molar-refractivity contribution < 1.29 is 19.7 Å². The summed E-state index contributed by atoms with van der Waals surface area (Å²) in [6, 6.07) is 0. The summed E-state index contributed by atoms with van der Waals surface area (Å²) in [5.74, 6) is -0.760. The fourth-order valence-corrected chi connectivity index (χ4v) is 2.30. The number of hydrogen-bond donors (Lipinski definition) is 2. The van der Waals surface area contributed by atoms with E-state index in [0.29, 0.717) is 19.6 Å². The van der Waals surface area contributed by atoms with Crippen LogP contribution < -0.4 is 0 Å². The van der Waals surface area contributed by atoms with E-state index < -0.39 is 5.97 Å². The van der Waals surface area contributed by atoms with Crippen LogP contribution in [0, 0.1) is 0 Å². The van der Waals surface area contributed by atoms with Crippen molar-refractivity contribution in [2.75, 3.05) is 13.2 Å². The van der Waals surface area contributed by atoms with Gasteiger partial charge in [-0.25, -0.2) is 0 Å². The maximum Gasteiger partial charge on any atom is 0.303 e. The van der Waals surface area contributed by atoms with E-state index in [4.69, 9.17) is 9.84 Å². The Bertz CT molecular complexity index is 231. The number of aliphatic carboxylic acids is 1. The molecule has 0 saturated heterocycles. The van der Waals surface area contributed by atoms with Crippen LogP contribution in [0.15, 0.2) is 0 Å². The second-order valence-corrected chi connectivity index (χ2v) is 5.84. The molecule has 0 aliphatic heterocycles. The summed E-state index contributed by atoms with van der Waals surface area (Å²) in [7, 11) is 0. The van der Waals surface area contributed by atoms with Gasteiger partial charge in [0.25, 0.3) is 0 Å². The normalized spacial score (nSPS) is 12.5. The molecule has 1 atom stereocenters. The van der Waals surface area contributed by atoms with Crippen LogP contribution in [0.4, 0.5) is 0 Å². The molecular weight excluding hydrogens is 268 g/mol. The molecule has 2 N–H and O–H groups in total. The maximum atomic E-state index is 10.3. The van der Waals surface area contributed by atoms with Gasteiger partial charge in [0.05, 0.1) is 12.7 Å². The number of unbranched alkanes of at least 4 members (excludes halogenated alkanes) is 8. The van der Waals surface area contributed by atoms with Gasteiger partial charge < -0.3 is 14.9 Å². The van der Waals surface area contributed by atoms with Crippen LogP contribution in [-0.4, -0.2) is 35.5 Å². The molecule has 4 heteroatoms. The fourth-order valence-electron chi connectivity index (χ4n) is 2.30. The van der Waals surface area contributed by atoms with Crippen LogP contribution in [0.1, 0.15) is 84.0 Å². The van der Waals surface area contributed by atoms with E-state index in [1.54, 1.807) is 0 Å². The summed E-state index contributed by atoms with van der Waals surface area (Å²) in [5, 5.41) is 18.2. The first kappa shape index (κ1) is 20.4. The number of carbonyl (C=O) groups is 1. The van der Waals surface area contributed by atoms with Crippen LogP contribution in [-0.2, 0) is 9.53 Å². The number of aliphatic hydroxyl groups excluding tert-OH is 1. The maximum absolute atomic E-state index is 10.3. The number of hydrogen-bond acceptors (Lipinski definition) is 3. The Morgan fingerprint density at radius 1 is 0.952 bits per heavy atom. The van der Waals surface area contributed by atoms with E-state index in [-0.39, 0.29) is 12.5 Å². The highest BCUT2D eigenvalue weighted by Gasteiger charge is 2.04. The monoisotopic (exact) mass is 302 g/mol. The van der Waals surface area contributed by atoms with Crippen molar-refractivity contribution >= 4 is 5.97 Å². The average molecular weight is 302 g/mol. The third-order valence-electron chi connectivity index (χ3n) is 3.63. The first-order valence-electron chi connectivity index (χ1n) is 8.64. The van der Waals surface area contributed by atoms with Crippen molar-refractivity contribution in [3.8, 4) is 0 Å². The van der Waals surface area contributed by atoms with E-state index in [0.717, 1.165) is 19.3 Å². The molecule has 0 radical (unpaired) electrons. The zero-order chi connectivity index (χ0) is 15.8. The van der Waals surface area contributed by atoms with Crippen molar-refractivity contribution in [1.29, 1.82) is 0 Å². The van der Waals surface area contributed by atoms with Gasteiger partial charge in [0, 0.05) is 13.0 Å². The minimum Gasteiger partial charge on any atom is -0.481 e. The van der Waals surface area contributed by atoms with Crippen molar-refractivity contribution in [2.45, 2.75) is 90.1 Å². The highest BCUT2D eigenvalue weighted by Crippen LogP contribution is 2.10. The van der Waals surface area contributed by atoms with Gasteiger partial charge in [-0.3, -0.25) is 4.79 Å². The first-order valence-corrected chi connectivity index (χ1v) is 8.64. The molecule has 0 fully saturated rings. The van der Waals surface area contributed by atoms with Gasteiger partial charge in [0.1, 0.15) is 0 Å². The average Bonchev–Trinajstić information content (AvgIpc) is 2.45. The van der Waals surface area contributed by atoms with E-state index in [2.05, 4.69) is 6.92 Å². The molecule has 0 rings (SSSR count). The molecule has 21 heavy (non-hydrogen) atoms. The lowest BCUT2D eigenvalue weighted by molar-refractivity contribution is -0.137. The van der Waals surface area contributed by atoms with Crippen molar-refractivity contribution in [1.82, 2.24) is 0 Å². The van der Waals surface area contributed by atoms with Gasteiger partial charge in [-0.05, 0) is 19.3 Å². The van der Waals surface area contributed by atoms with Gasteiger partial charge in [0.2, 0.25) is 0 Å². The lowest BCUT2D eigenvalue weighted by Gasteiger charge is -2.11. The third kappa shape index (κ3) is 17.3. The Morgan fingerprint density at radius 3 is 2.19 bits per heavy atom. The number of rotatable bonds is 16. The van der Waals surface area contributed by atoms with Crippen LogP contribution >= 0.6 is 0 Å². The highest BCUT2D eigenvalue weighted by atomic mass is 16.5. The lowest BCUT2D eigenvalue weighted by Crippen LogP contribution is -2.15. The van der Waals surface area contributed by atoms with Crippen molar-refractivity contribution in [3.05, 3.63) is 0 Å². The van der Waals surface area contributed by atoms with Crippen LogP contribution in [0.25, 0.3) is 0 Å². The Labute approximate surface area is 129 Å². The molecule has 0 spiro atoms. The molecular formula is C17H34O4. The minimum absolute atomic E-state index is 0.199. The predicted molar refractivity (Wildman–Crippen MR) is 85.5 cm³/mol. The van der Waals surface area contributed by atoms with Gasteiger partial charge in [-0.1, -0.05) is 58.3 Å². The molecule has 0 bridgehead atoms. The summed E-state index contributed by atoms with van der Waals surface area (Å²) in [5.41, 5.74) is 0. The molecule has 4 nitrogen and oxygen atoms in total. The van der Waals surface area contributed by atoms with Crippen molar-refractivity contribution in [2.24, 2.45) is 0 Å². The molecule has 0 aromatic rings. The first-order chi connectivity index (χ1) is 10.2. The zero-order valence-corrected chi connectivity index (χ0v) is 13.7. The molecule has 0 saturated carbocycles. The fraction of sp³-hybridized carbons (Fsp3) is 0.941. The Hall–Kier alpha value is -0.610. The Kier molecular flexibility index (Phi) is 15.3. The van der Waals surface area contributed by atoms with Gasteiger partial charge in [0.15, 0.2) is 0 Å². The van der Waals surface area contributed by atoms with E-state index >= 15 is 0 Å². The van der Waals surface area contributed by atoms with Gasteiger partial charge >= 0.3 is 5.97 Å². The van der Waals surface area contributed by atoms with Gasteiger partial charge in [-0.2, -0.15) is 0 Å². The molecule has 1 unspecified atom stereocenters. The van der Waals surface area contributed by atoms with E-state index in [9.17, 15) is 9.90 Å². The van der Waals surface area contributed by atoms with E-state index in [1.807, 2.05) is 0 Å². The molecule has 0 heterocycles. The molecule has 0 aromatic carbocycles. The smallest absolute Gasteiger partial charge is 0.303 e. The topological polar surface area (TPSA) is 66.8 Å². The largest absolute Gasteiger partial charge is 0.481 e. The van der Waals surface area contributed by atoms with Gasteiger partial charge in [-0.15, -0.1) is 0 Å². The summed E-state index contributed by atoms with van der Waals surface area (Å²) in [6.07, 6.45) is 12.2. The Morgan fingerprint density at radius 2 is 1.57 bits per heavy atom. The second-order valence-electron chi connectivity index (χ2n) is 5.84. The number of carboxylic acids is 1. The summed E-state index contributed by atoms with van der Waals surface area (Å²) in [6.45, 7) is 3.15. The van der Waals surface area contributed by atoms with Crippen LogP contribution in [0.5, 0.6) is 0 Å². The number of carboxylic acid groups (broad SMARTS) is 1. The minimum atomic E-state index is -0.760. The van der Waals surface area contributed by atoms with Crippen molar-refractivity contribution in [3.63, 3.8) is 0 Å². The Balaban J connectivity index is 3.16. The van der Waals surface area contributed by atoms with E-state index in [1.165, 1.54) is 44.9 Å². The summed E-state index contributed by atoms with van der Waals surface area (Å²) >= 11 is 0. The SMILES string of the molecule is CCCCCCCCCCC(O)COCCCCC(=O)O. The highest BCUT2D eigenvalue weighted by molar-refractivity contribution is 5.66.